The van der Waals surface area contributed by atoms with E-state index in [9.17, 15) is 0 Å². The van der Waals surface area contributed by atoms with Gasteiger partial charge in [-0.15, -0.1) is 23.5 Å². The lowest BCUT2D eigenvalue weighted by Gasteiger charge is -2.12. The predicted octanol–water partition coefficient (Wildman–Crippen LogP) is 6.80. The zero-order valence-corrected chi connectivity index (χ0v) is 15.6. The molecule has 0 aromatic heterocycles. The molecule has 4 heterocycles. The molecular formula is C14H12S6. The van der Waals surface area contributed by atoms with Crippen LogP contribution in [0, 0.1) is 0 Å². The molecule has 0 N–H and O–H groups in total. The monoisotopic (exact) mass is 372 g/mol. The van der Waals surface area contributed by atoms with E-state index in [4.69, 9.17) is 0 Å². The van der Waals surface area contributed by atoms with Crippen molar-refractivity contribution in [3.63, 3.8) is 0 Å². The number of thioether (sulfide) groups is 6. The zero-order chi connectivity index (χ0) is 13.7. The number of rotatable bonds is 0. The van der Waals surface area contributed by atoms with Gasteiger partial charge in [0.15, 0.2) is 0 Å². The van der Waals surface area contributed by atoms with Crippen molar-refractivity contribution >= 4 is 70.6 Å². The highest BCUT2D eigenvalue weighted by Gasteiger charge is 2.32. The second-order valence-corrected chi connectivity index (χ2v) is 12.1. The van der Waals surface area contributed by atoms with Crippen LogP contribution >= 0.6 is 70.6 Å². The molecular weight excluding hydrogens is 361 g/mol. The largest absolute Gasteiger partial charge is 0.114 e. The Hall–Kier alpha value is 0.800. The Morgan fingerprint density at radius 1 is 0.600 bits per heavy atom. The quantitative estimate of drug-likeness (QED) is 0.426. The van der Waals surface area contributed by atoms with E-state index in [0.29, 0.717) is 0 Å². The number of allylic oxidation sites excluding steroid dienone is 2. The fourth-order valence-corrected chi connectivity index (χ4v) is 10.9. The van der Waals surface area contributed by atoms with Gasteiger partial charge in [-0.25, -0.2) is 0 Å². The molecule has 0 bridgehead atoms. The van der Waals surface area contributed by atoms with Crippen molar-refractivity contribution in [1.29, 1.82) is 0 Å². The van der Waals surface area contributed by atoms with E-state index in [-0.39, 0.29) is 0 Å². The summed E-state index contributed by atoms with van der Waals surface area (Å²) < 4.78 is 6.03. The molecule has 0 fully saturated rings. The first-order valence-corrected chi connectivity index (χ1v) is 11.4. The van der Waals surface area contributed by atoms with Crippen LogP contribution in [0.1, 0.15) is 12.8 Å². The third-order valence-corrected chi connectivity index (χ3v) is 12.0. The predicted molar refractivity (Wildman–Crippen MR) is 104 cm³/mol. The minimum Gasteiger partial charge on any atom is -0.114 e. The Balaban J connectivity index is 1.53. The molecule has 104 valence electrons. The highest BCUT2D eigenvalue weighted by Crippen LogP contribution is 2.66. The molecule has 0 nitrogen and oxygen atoms in total. The van der Waals surface area contributed by atoms with Crippen molar-refractivity contribution in [2.24, 2.45) is 0 Å². The normalized spacial score (nSPS) is 30.2. The first kappa shape index (κ1) is 14.4. The molecule has 0 aromatic carbocycles. The summed E-state index contributed by atoms with van der Waals surface area (Å²) in [6.45, 7) is 8.28. The summed E-state index contributed by atoms with van der Waals surface area (Å²) in [6.07, 6.45) is 2.18. The third kappa shape index (κ3) is 2.72. The van der Waals surface area contributed by atoms with Crippen LogP contribution in [0.4, 0.5) is 0 Å². The Kier molecular flexibility index (Phi) is 4.16. The molecule has 0 saturated heterocycles. The molecule has 0 aliphatic carbocycles. The van der Waals surface area contributed by atoms with E-state index in [1.54, 1.807) is 0 Å². The summed E-state index contributed by atoms with van der Waals surface area (Å²) in [4.78, 5) is 3.06. The van der Waals surface area contributed by atoms with E-state index in [1.165, 1.54) is 37.9 Å². The van der Waals surface area contributed by atoms with Crippen LogP contribution in [0.5, 0.6) is 0 Å². The van der Waals surface area contributed by atoms with Gasteiger partial charge in [0.25, 0.3) is 0 Å². The Bertz CT molecular complexity index is 568. The highest BCUT2D eigenvalue weighted by atomic mass is 32.2. The average Bonchev–Trinajstić information content (AvgIpc) is 3.00. The average molecular weight is 373 g/mol. The maximum atomic E-state index is 4.14. The van der Waals surface area contributed by atoms with Crippen molar-refractivity contribution in [3.8, 4) is 0 Å². The van der Waals surface area contributed by atoms with Crippen LogP contribution in [-0.4, -0.2) is 11.5 Å². The molecule has 0 saturated carbocycles. The summed E-state index contributed by atoms with van der Waals surface area (Å²) in [5, 5.41) is 0. The zero-order valence-electron chi connectivity index (χ0n) is 10.7. The molecule has 0 unspecified atom stereocenters. The van der Waals surface area contributed by atoms with Crippen molar-refractivity contribution in [2.75, 3.05) is 11.5 Å². The topological polar surface area (TPSA) is 0 Å². The molecule has 0 spiro atoms. The first-order valence-electron chi connectivity index (χ1n) is 6.20. The van der Waals surface area contributed by atoms with Crippen LogP contribution in [0.15, 0.2) is 51.1 Å². The lowest BCUT2D eigenvalue weighted by Crippen LogP contribution is -1.93. The Labute approximate surface area is 145 Å². The minimum atomic E-state index is 1.09. The van der Waals surface area contributed by atoms with E-state index < -0.39 is 0 Å². The van der Waals surface area contributed by atoms with Crippen LogP contribution in [-0.2, 0) is 0 Å². The standard InChI is InChI=1S/C14H12S6/c1-7-3-9-11(15-5-7)19-13(17-9)14-18-10-4-8(2)6-16-12(10)20-14/h1-6H2/b14-13+. The molecule has 20 heavy (non-hydrogen) atoms. The van der Waals surface area contributed by atoms with Gasteiger partial charge in [-0.1, -0.05) is 71.4 Å². The van der Waals surface area contributed by atoms with Gasteiger partial charge in [-0.05, 0) is 0 Å². The van der Waals surface area contributed by atoms with Gasteiger partial charge in [0.1, 0.15) is 0 Å². The molecule has 0 aromatic rings. The van der Waals surface area contributed by atoms with Crippen molar-refractivity contribution in [1.82, 2.24) is 0 Å². The number of hydrogen-bond acceptors (Lipinski definition) is 6. The summed E-state index contributed by atoms with van der Waals surface area (Å²) >= 11 is 11.9. The lowest BCUT2D eigenvalue weighted by molar-refractivity contribution is 1.21. The molecule has 4 aliphatic heterocycles. The second-order valence-electron chi connectivity index (χ2n) is 4.84. The molecule has 6 heteroatoms. The first-order chi connectivity index (χ1) is 9.69. The molecule has 0 radical (unpaired) electrons. The number of hydrogen-bond donors (Lipinski definition) is 0. The summed E-state index contributed by atoms with van der Waals surface area (Å²) in [7, 11) is 0. The fourth-order valence-electron chi connectivity index (χ4n) is 2.13. The van der Waals surface area contributed by atoms with Gasteiger partial charge in [-0.2, -0.15) is 0 Å². The van der Waals surface area contributed by atoms with E-state index in [1.807, 2.05) is 70.6 Å². The van der Waals surface area contributed by atoms with Crippen molar-refractivity contribution in [2.45, 2.75) is 12.8 Å². The molecule has 0 atom stereocenters. The van der Waals surface area contributed by atoms with Gasteiger partial charge in [0.05, 0.1) is 16.9 Å². The van der Waals surface area contributed by atoms with Crippen LogP contribution in [0.2, 0.25) is 0 Å². The van der Waals surface area contributed by atoms with E-state index in [2.05, 4.69) is 13.2 Å². The van der Waals surface area contributed by atoms with Gasteiger partial charge in [0, 0.05) is 34.2 Å². The minimum absolute atomic E-state index is 1.09. The van der Waals surface area contributed by atoms with E-state index in [0.717, 1.165) is 24.3 Å². The van der Waals surface area contributed by atoms with Crippen molar-refractivity contribution < 1.29 is 0 Å². The van der Waals surface area contributed by atoms with E-state index >= 15 is 0 Å². The molecule has 4 aliphatic rings. The lowest BCUT2D eigenvalue weighted by atomic mass is 10.2. The van der Waals surface area contributed by atoms with Crippen LogP contribution in [0.3, 0.4) is 0 Å². The van der Waals surface area contributed by atoms with Gasteiger partial charge in [-0.3, -0.25) is 0 Å². The highest BCUT2D eigenvalue weighted by molar-refractivity contribution is 8.40. The maximum Gasteiger partial charge on any atom is 0.0709 e. The molecule has 4 rings (SSSR count). The van der Waals surface area contributed by atoms with Gasteiger partial charge < -0.3 is 0 Å². The Morgan fingerprint density at radius 2 is 1.05 bits per heavy atom. The van der Waals surface area contributed by atoms with Gasteiger partial charge >= 0.3 is 0 Å². The second kappa shape index (κ2) is 5.78. The Morgan fingerprint density at radius 3 is 1.50 bits per heavy atom. The maximum absolute atomic E-state index is 4.14. The molecule has 0 amide bonds. The fraction of sp³-hybridized carbons (Fsp3) is 0.286. The summed E-state index contributed by atoms with van der Waals surface area (Å²) in [6, 6.07) is 0. The summed E-state index contributed by atoms with van der Waals surface area (Å²) in [5.41, 5.74) is 2.73. The summed E-state index contributed by atoms with van der Waals surface area (Å²) in [5.74, 6) is 2.19. The SMILES string of the molecule is C=C1CSC2=C(C1)S/C(=C1/SC3=C(SCC(=C)C3)S1)S2. The van der Waals surface area contributed by atoms with Crippen LogP contribution < -0.4 is 0 Å². The third-order valence-electron chi connectivity index (χ3n) is 3.06. The smallest absolute Gasteiger partial charge is 0.0709 e. The van der Waals surface area contributed by atoms with Gasteiger partial charge in [0.2, 0.25) is 0 Å². The van der Waals surface area contributed by atoms with Crippen molar-refractivity contribution in [3.05, 3.63) is 51.1 Å². The van der Waals surface area contributed by atoms with Crippen LogP contribution in [0.25, 0.3) is 0 Å².